The average Bonchev–Trinajstić information content (AvgIpc) is 2.62. The zero-order valence-electron chi connectivity index (χ0n) is 7.14. The minimum atomic E-state index is 0.700. The molecule has 62 valence electrons. The summed E-state index contributed by atoms with van der Waals surface area (Å²) in [6.45, 7) is 0. The normalized spacial score (nSPS) is 31.3. The topological polar surface area (TPSA) is 12.0 Å². The summed E-state index contributed by atoms with van der Waals surface area (Å²) in [7, 11) is 0. The first-order valence-electron chi connectivity index (χ1n) is 4.81. The average molecular weight is 159 g/mol. The molecule has 1 fully saturated rings. The van der Waals surface area contributed by atoms with Gasteiger partial charge in [-0.2, -0.15) is 0 Å². The van der Waals surface area contributed by atoms with Gasteiger partial charge in [0.15, 0.2) is 0 Å². The van der Waals surface area contributed by atoms with Crippen LogP contribution in [0.15, 0.2) is 35.1 Å². The Hall–Kier alpha value is -0.980. The van der Waals surface area contributed by atoms with Crippen LogP contribution in [0, 0.1) is 0 Å². The van der Waals surface area contributed by atoms with Crippen molar-refractivity contribution < 1.29 is 0 Å². The number of hydrogen-bond donors (Lipinski definition) is 1. The van der Waals surface area contributed by atoms with E-state index in [2.05, 4.69) is 23.5 Å². The van der Waals surface area contributed by atoms with Crippen LogP contribution >= 0.6 is 0 Å². The molecule has 1 aliphatic heterocycles. The van der Waals surface area contributed by atoms with Crippen LogP contribution in [0.25, 0.3) is 0 Å². The molecule has 1 nitrogen and oxygen atoms in total. The van der Waals surface area contributed by atoms with Crippen molar-refractivity contribution in [3.63, 3.8) is 0 Å². The fourth-order valence-corrected chi connectivity index (χ4v) is 2.55. The molecule has 0 radical (unpaired) electrons. The highest BCUT2D eigenvalue weighted by Crippen LogP contribution is 2.38. The van der Waals surface area contributed by atoms with Gasteiger partial charge in [0.25, 0.3) is 0 Å². The predicted octanol–water partition coefficient (Wildman–Crippen LogP) is 2.28. The van der Waals surface area contributed by atoms with E-state index >= 15 is 0 Å². The molecule has 1 saturated carbocycles. The molecule has 0 amide bonds. The van der Waals surface area contributed by atoms with Crippen molar-refractivity contribution >= 4 is 0 Å². The molecule has 0 aromatic rings. The van der Waals surface area contributed by atoms with E-state index in [0.717, 1.165) is 6.42 Å². The summed E-state index contributed by atoms with van der Waals surface area (Å²) in [5, 5.41) is 3.59. The van der Waals surface area contributed by atoms with Crippen LogP contribution in [-0.2, 0) is 0 Å². The molecule has 12 heavy (non-hydrogen) atoms. The largest absolute Gasteiger partial charge is 0.378 e. The van der Waals surface area contributed by atoms with E-state index < -0.39 is 0 Å². The van der Waals surface area contributed by atoms with Crippen LogP contribution in [0.2, 0.25) is 0 Å². The van der Waals surface area contributed by atoms with Gasteiger partial charge in [0, 0.05) is 11.7 Å². The van der Waals surface area contributed by atoms with Crippen LogP contribution in [0.1, 0.15) is 25.7 Å². The lowest BCUT2D eigenvalue weighted by atomic mass is 10.0. The molecule has 1 heterocycles. The zero-order valence-corrected chi connectivity index (χ0v) is 7.14. The van der Waals surface area contributed by atoms with Crippen LogP contribution in [0.5, 0.6) is 0 Å². The molecule has 1 heteroatoms. The van der Waals surface area contributed by atoms with Crippen molar-refractivity contribution in [1.82, 2.24) is 5.32 Å². The van der Waals surface area contributed by atoms with Crippen molar-refractivity contribution in [1.29, 1.82) is 0 Å². The number of hydrogen-bond acceptors (Lipinski definition) is 1. The number of nitrogens with one attached hydrogen (secondary N) is 1. The molecule has 3 aliphatic rings. The van der Waals surface area contributed by atoms with E-state index in [1.54, 1.807) is 11.1 Å². The van der Waals surface area contributed by atoms with Gasteiger partial charge in [0.1, 0.15) is 0 Å². The Morgan fingerprint density at radius 1 is 1.42 bits per heavy atom. The van der Waals surface area contributed by atoms with Gasteiger partial charge < -0.3 is 5.32 Å². The van der Waals surface area contributed by atoms with Crippen molar-refractivity contribution in [2.24, 2.45) is 0 Å². The highest BCUT2D eigenvalue weighted by molar-refractivity contribution is 5.49. The maximum atomic E-state index is 3.59. The van der Waals surface area contributed by atoms with E-state index in [9.17, 15) is 0 Å². The Labute approximate surface area is 72.9 Å². The van der Waals surface area contributed by atoms with E-state index in [0.29, 0.717) is 6.04 Å². The maximum absolute atomic E-state index is 3.59. The standard InChI is InChI=1S/C11H13N/c1-2-6-10-8(4-1)9-5-3-7-11(9)12-10/h1-2,6,11-12H,3-5,7H2. The first kappa shape index (κ1) is 6.53. The van der Waals surface area contributed by atoms with Crippen molar-refractivity contribution in [3.05, 3.63) is 35.1 Å². The Morgan fingerprint density at radius 2 is 2.42 bits per heavy atom. The van der Waals surface area contributed by atoms with Gasteiger partial charge in [0.05, 0.1) is 0 Å². The maximum Gasteiger partial charge on any atom is 0.0480 e. The fraction of sp³-hybridized carbons (Fsp3) is 0.455. The second-order valence-corrected chi connectivity index (χ2v) is 3.81. The van der Waals surface area contributed by atoms with Gasteiger partial charge in [-0.05, 0) is 42.9 Å². The third-order valence-electron chi connectivity index (χ3n) is 3.12. The lowest BCUT2D eigenvalue weighted by molar-refractivity contribution is 0.679. The summed E-state index contributed by atoms with van der Waals surface area (Å²) in [6.07, 6.45) is 11.8. The number of rotatable bonds is 0. The third kappa shape index (κ3) is 0.739. The highest BCUT2D eigenvalue weighted by atomic mass is 15.0. The third-order valence-corrected chi connectivity index (χ3v) is 3.12. The quantitative estimate of drug-likeness (QED) is 0.571. The lowest BCUT2D eigenvalue weighted by Crippen LogP contribution is -2.20. The number of fused-ring (bicyclic) bond motifs is 2. The van der Waals surface area contributed by atoms with Gasteiger partial charge >= 0.3 is 0 Å². The summed E-state index contributed by atoms with van der Waals surface area (Å²) in [4.78, 5) is 0. The molecule has 2 aliphatic carbocycles. The molecule has 0 bridgehead atoms. The Bertz CT molecular complexity index is 307. The van der Waals surface area contributed by atoms with Crippen molar-refractivity contribution in [2.75, 3.05) is 0 Å². The fourth-order valence-electron chi connectivity index (χ4n) is 2.55. The van der Waals surface area contributed by atoms with Crippen LogP contribution in [0.3, 0.4) is 0 Å². The second-order valence-electron chi connectivity index (χ2n) is 3.81. The van der Waals surface area contributed by atoms with Gasteiger partial charge in [-0.15, -0.1) is 0 Å². The van der Waals surface area contributed by atoms with E-state index in [4.69, 9.17) is 0 Å². The SMILES string of the molecule is C1=CCC2=C3CCCC3NC2=C1. The molecule has 0 spiro atoms. The molecule has 0 aromatic carbocycles. The van der Waals surface area contributed by atoms with E-state index in [-0.39, 0.29) is 0 Å². The summed E-state index contributed by atoms with van der Waals surface area (Å²) >= 11 is 0. The van der Waals surface area contributed by atoms with Gasteiger partial charge in [-0.25, -0.2) is 0 Å². The molecule has 0 aromatic heterocycles. The zero-order chi connectivity index (χ0) is 7.97. The Balaban J connectivity index is 2.08. The second kappa shape index (κ2) is 2.25. The minimum absolute atomic E-state index is 0.700. The first-order valence-corrected chi connectivity index (χ1v) is 4.81. The van der Waals surface area contributed by atoms with Crippen LogP contribution in [0.4, 0.5) is 0 Å². The summed E-state index contributed by atoms with van der Waals surface area (Å²) in [5.41, 5.74) is 4.70. The molecular formula is C11H13N. The van der Waals surface area contributed by atoms with Crippen LogP contribution < -0.4 is 5.32 Å². The van der Waals surface area contributed by atoms with Gasteiger partial charge in [-0.1, -0.05) is 12.2 Å². The van der Waals surface area contributed by atoms with E-state index in [1.165, 1.54) is 25.0 Å². The van der Waals surface area contributed by atoms with E-state index in [1.807, 2.05) is 0 Å². The predicted molar refractivity (Wildman–Crippen MR) is 49.6 cm³/mol. The molecule has 1 unspecified atom stereocenters. The monoisotopic (exact) mass is 159 g/mol. The van der Waals surface area contributed by atoms with Gasteiger partial charge in [0.2, 0.25) is 0 Å². The molecule has 1 atom stereocenters. The number of allylic oxidation sites excluding steroid dienone is 4. The summed E-state index contributed by atoms with van der Waals surface area (Å²) < 4.78 is 0. The molecule has 0 saturated heterocycles. The van der Waals surface area contributed by atoms with Crippen molar-refractivity contribution in [2.45, 2.75) is 31.7 Å². The summed E-state index contributed by atoms with van der Waals surface area (Å²) in [6, 6.07) is 0.700. The Kier molecular flexibility index (Phi) is 1.23. The highest BCUT2D eigenvalue weighted by Gasteiger charge is 2.31. The van der Waals surface area contributed by atoms with Crippen LogP contribution in [-0.4, -0.2) is 6.04 Å². The molecule has 1 N–H and O–H groups in total. The molecule has 3 rings (SSSR count). The lowest BCUT2D eigenvalue weighted by Gasteiger charge is -2.09. The minimum Gasteiger partial charge on any atom is -0.378 e. The smallest absolute Gasteiger partial charge is 0.0480 e. The molecular weight excluding hydrogens is 146 g/mol. The van der Waals surface area contributed by atoms with Crippen molar-refractivity contribution in [3.8, 4) is 0 Å². The Morgan fingerprint density at radius 3 is 3.42 bits per heavy atom. The first-order chi connectivity index (χ1) is 5.95. The van der Waals surface area contributed by atoms with Gasteiger partial charge in [-0.3, -0.25) is 0 Å². The summed E-state index contributed by atoms with van der Waals surface area (Å²) in [5.74, 6) is 0.